The second-order valence-electron chi connectivity index (χ2n) is 3.07. The first-order valence-electron chi connectivity index (χ1n) is 4.26. The Kier molecular flexibility index (Phi) is 1.22. The Labute approximate surface area is 77.0 Å². The molecule has 0 bridgehead atoms. The zero-order valence-corrected chi connectivity index (χ0v) is 6.99. The summed E-state index contributed by atoms with van der Waals surface area (Å²) in [6, 6.07) is 17.1. The van der Waals surface area contributed by atoms with E-state index in [4.69, 9.17) is 0 Å². The fraction of sp³-hybridized carbons (Fsp3) is 0. The molecule has 1 aliphatic rings. The minimum absolute atomic E-state index is 1.03. The molecule has 2 radical (unpaired) electrons. The van der Waals surface area contributed by atoms with E-state index < -0.39 is 0 Å². The van der Waals surface area contributed by atoms with Crippen LogP contribution in [0.1, 0.15) is 0 Å². The Balaban J connectivity index is 2.32. The molecule has 1 heterocycles. The summed E-state index contributed by atoms with van der Waals surface area (Å²) in [6.45, 7) is 0. The number of hydrogen-bond acceptors (Lipinski definition) is 0. The SMILES string of the molecule is [c]1ccc2c(c1)[N]c1ccccc1-2. The highest BCUT2D eigenvalue weighted by Gasteiger charge is 2.17. The van der Waals surface area contributed by atoms with Crippen LogP contribution < -0.4 is 5.32 Å². The number of benzene rings is 2. The average molecular weight is 165 g/mol. The van der Waals surface area contributed by atoms with Crippen LogP contribution in [0.2, 0.25) is 0 Å². The molecule has 0 saturated carbocycles. The number of para-hydroxylation sites is 1. The molecule has 1 nitrogen and oxygen atoms in total. The van der Waals surface area contributed by atoms with Crippen LogP contribution in [0, 0.1) is 6.07 Å². The monoisotopic (exact) mass is 165 g/mol. The van der Waals surface area contributed by atoms with Gasteiger partial charge >= 0.3 is 0 Å². The molecule has 60 valence electrons. The van der Waals surface area contributed by atoms with Crippen LogP contribution >= 0.6 is 0 Å². The van der Waals surface area contributed by atoms with Crippen molar-refractivity contribution in [3.63, 3.8) is 0 Å². The molecule has 2 aromatic rings. The van der Waals surface area contributed by atoms with Crippen LogP contribution in [0.5, 0.6) is 0 Å². The molecule has 3 rings (SSSR count). The Morgan fingerprint density at radius 3 is 2.77 bits per heavy atom. The second kappa shape index (κ2) is 2.36. The van der Waals surface area contributed by atoms with Crippen molar-refractivity contribution in [2.24, 2.45) is 0 Å². The largest absolute Gasteiger partial charge is 0.248 e. The fourth-order valence-corrected chi connectivity index (χ4v) is 1.67. The quantitative estimate of drug-likeness (QED) is 0.486. The van der Waals surface area contributed by atoms with Gasteiger partial charge in [0.15, 0.2) is 0 Å². The summed E-state index contributed by atoms with van der Waals surface area (Å²) in [6.07, 6.45) is 0. The first kappa shape index (κ1) is 6.72. The lowest BCUT2D eigenvalue weighted by Crippen LogP contribution is -1.79. The van der Waals surface area contributed by atoms with Gasteiger partial charge in [-0.15, -0.1) is 0 Å². The maximum atomic E-state index is 4.48. The highest BCUT2D eigenvalue weighted by molar-refractivity contribution is 5.90. The van der Waals surface area contributed by atoms with E-state index >= 15 is 0 Å². The van der Waals surface area contributed by atoms with Crippen molar-refractivity contribution < 1.29 is 0 Å². The van der Waals surface area contributed by atoms with Gasteiger partial charge in [-0.2, -0.15) is 0 Å². The molecule has 0 N–H and O–H groups in total. The molecule has 13 heavy (non-hydrogen) atoms. The standard InChI is InChI=1S/C12H7N/c1-3-7-11-9(5-1)10-6-2-4-8-12(10)13-11/h1-3,5-8H. The van der Waals surface area contributed by atoms with E-state index in [1.807, 2.05) is 30.3 Å². The maximum Gasteiger partial charge on any atom is 0.0722 e. The van der Waals surface area contributed by atoms with Crippen LogP contribution in [0.3, 0.4) is 0 Å². The molecule has 0 aromatic heterocycles. The van der Waals surface area contributed by atoms with Crippen LogP contribution in [0.4, 0.5) is 11.4 Å². The molecule has 0 spiro atoms. The topological polar surface area (TPSA) is 14.1 Å². The Morgan fingerprint density at radius 1 is 0.923 bits per heavy atom. The highest BCUT2D eigenvalue weighted by Crippen LogP contribution is 2.41. The smallest absolute Gasteiger partial charge is 0.0722 e. The highest BCUT2D eigenvalue weighted by atomic mass is 14.9. The number of rotatable bonds is 0. The van der Waals surface area contributed by atoms with Gasteiger partial charge in [0.05, 0.1) is 11.4 Å². The van der Waals surface area contributed by atoms with Crippen LogP contribution in [0.15, 0.2) is 42.5 Å². The first-order valence-corrected chi connectivity index (χ1v) is 4.26. The molecule has 1 aliphatic heterocycles. The van der Waals surface area contributed by atoms with Crippen LogP contribution in [-0.2, 0) is 0 Å². The van der Waals surface area contributed by atoms with E-state index in [9.17, 15) is 0 Å². The zero-order chi connectivity index (χ0) is 8.67. The van der Waals surface area contributed by atoms with Gasteiger partial charge in [0.2, 0.25) is 0 Å². The van der Waals surface area contributed by atoms with E-state index in [0.717, 1.165) is 11.4 Å². The van der Waals surface area contributed by atoms with Gasteiger partial charge in [0, 0.05) is 11.1 Å². The van der Waals surface area contributed by atoms with Gasteiger partial charge in [-0.05, 0) is 18.2 Å². The average Bonchev–Trinajstić information content (AvgIpc) is 2.56. The Morgan fingerprint density at radius 2 is 1.77 bits per heavy atom. The lowest BCUT2D eigenvalue weighted by Gasteiger charge is -1.94. The Hall–Kier alpha value is -1.76. The summed E-state index contributed by atoms with van der Waals surface area (Å²) in [7, 11) is 0. The molecule has 0 unspecified atom stereocenters. The van der Waals surface area contributed by atoms with Gasteiger partial charge in [-0.25, -0.2) is 5.32 Å². The minimum Gasteiger partial charge on any atom is -0.248 e. The lowest BCUT2D eigenvalue weighted by atomic mass is 10.1. The third-order valence-electron chi connectivity index (χ3n) is 2.28. The molecule has 0 amide bonds. The van der Waals surface area contributed by atoms with Gasteiger partial charge in [-0.1, -0.05) is 30.3 Å². The summed E-state index contributed by atoms with van der Waals surface area (Å²) in [4.78, 5) is 0. The molecule has 2 aromatic carbocycles. The Bertz CT molecular complexity index is 417. The van der Waals surface area contributed by atoms with Crippen molar-refractivity contribution in [2.45, 2.75) is 0 Å². The molecule has 0 atom stereocenters. The zero-order valence-electron chi connectivity index (χ0n) is 6.99. The van der Waals surface area contributed by atoms with Crippen molar-refractivity contribution in [1.29, 1.82) is 0 Å². The van der Waals surface area contributed by atoms with Crippen molar-refractivity contribution in [3.8, 4) is 11.1 Å². The van der Waals surface area contributed by atoms with Crippen LogP contribution in [-0.4, -0.2) is 0 Å². The number of nitrogens with zero attached hydrogens (tertiary/aromatic N) is 1. The van der Waals surface area contributed by atoms with Gasteiger partial charge < -0.3 is 0 Å². The van der Waals surface area contributed by atoms with Gasteiger partial charge in [0.25, 0.3) is 0 Å². The second-order valence-corrected chi connectivity index (χ2v) is 3.07. The lowest BCUT2D eigenvalue weighted by molar-refractivity contribution is 1.24. The summed E-state index contributed by atoms with van der Waals surface area (Å²) < 4.78 is 0. The third-order valence-corrected chi connectivity index (χ3v) is 2.28. The normalized spacial score (nSPS) is 11.7. The van der Waals surface area contributed by atoms with Gasteiger partial charge in [-0.3, -0.25) is 0 Å². The van der Waals surface area contributed by atoms with E-state index in [1.54, 1.807) is 0 Å². The van der Waals surface area contributed by atoms with Crippen LogP contribution in [0.25, 0.3) is 11.1 Å². The predicted molar refractivity (Wildman–Crippen MR) is 52.2 cm³/mol. The predicted octanol–water partition coefficient (Wildman–Crippen LogP) is 3.03. The summed E-state index contributed by atoms with van der Waals surface area (Å²) in [5, 5.41) is 4.48. The van der Waals surface area contributed by atoms with E-state index in [-0.39, 0.29) is 0 Å². The van der Waals surface area contributed by atoms with E-state index in [2.05, 4.69) is 23.5 Å². The molecule has 1 heteroatoms. The third kappa shape index (κ3) is 0.872. The first-order chi connectivity index (χ1) is 6.45. The van der Waals surface area contributed by atoms with E-state index in [1.165, 1.54) is 11.1 Å². The summed E-state index contributed by atoms with van der Waals surface area (Å²) in [5.41, 5.74) is 4.54. The summed E-state index contributed by atoms with van der Waals surface area (Å²) >= 11 is 0. The van der Waals surface area contributed by atoms with Crippen molar-refractivity contribution in [3.05, 3.63) is 48.5 Å². The number of hydrogen-bond donors (Lipinski definition) is 0. The maximum absolute atomic E-state index is 4.48. The fourth-order valence-electron chi connectivity index (χ4n) is 1.67. The van der Waals surface area contributed by atoms with Crippen molar-refractivity contribution >= 4 is 11.4 Å². The summed E-state index contributed by atoms with van der Waals surface area (Å²) in [5.74, 6) is 0. The van der Waals surface area contributed by atoms with E-state index in [0.29, 0.717) is 0 Å². The molecule has 0 fully saturated rings. The molecule has 0 saturated heterocycles. The van der Waals surface area contributed by atoms with Gasteiger partial charge in [0.1, 0.15) is 0 Å². The minimum atomic E-state index is 1.03. The molecular formula is C12H7N. The molecule has 0 aliphatic carbocycles. The number of fused-ring (bicyclic) bond motifs is 3. The van der Waals surface area contributed by atoms with Crippen molar-refractivity contribution in [2.75, 3.05) is 0 Å². The van der Waals surface area contributed by atoms with Crippen molar-refractivity contribution in [1.82, 2.24) is 5.32 Å². The molecular weight excluding hydrogens is 158 g/mol.